The van der Waals surface area contributed by atoms with E-state index in [1.54, 1.807) is 12.1 Å². The van der Waals surface area contributed by atoms with Crippen molar-refractivity contribution >= 4 is 27.8 Å². The van der Waals surface area contributed by atoms with Crippen LogP contribution in [0, 0.1) is 0 Å². The smallest absolute Gasteiger partial charge is 0.309 e. The topological polar surface area (TPSA) is 72.5 Å². The first-order valence-electron chi connectivity index (χ1n) is 6.78. The number of sulfonamides is 1. The Morgan fingerprint density at radius 3 is 2.67 bits per heavy atom. The van der Waals surface area contributed by atoms with Gasteiger partial charge in [0.25, 0.3) is 0 Å². The highest BCUT2D eigenvalue weighted by atomic mass is 32.2. The summed E-state index contributed by atoms with van der Waals surface area (Å²) in [5.74, 6) is 0.760. The maximum atomic E-state index is 12.2. The molecule has 5 nitrogen and oxygen atoms in total. The van der Waals surface area contributed by atoms with Gasteiger partial charge in [0.15, 0.2) is 0 Å². The molecule has 1 N–H and O–H groups in total. The van der Waals surface area contributed by atoms with Crippen molar-refractivity contribution in [3.05, 3.63) is 29.8 Å². The summed E-state index contributed by atoms with van der Waals surface area (Å²) in [7, 11) is -2.15. The third kappa shape index (κ3) is 4.72. The quantitative estimate of drug-likeness (QED) is 0.802. The van der Waals surface area contributed by atoms with Gasteiger partial charge < -0.3 is 4.74 Å². The highest BCUT2D eigenvalue weighted by Crippen LogP contribution is 2.25. The first kappa shape index (κ1) is 16.3. The van der Waals surface area contributed by atoms with E-state index in [1.807, 2.05) is 11.8 Å². The van der Waals surface area contributed by atoms with E-state index < -0.39 is 10.0 Å². The number of thioether (sulfide) groups is 1. The molecular formula is C14H19NO4S2. The third-order valence-corrected chi connectivity index (χ3v) is 6.17. The number of methoxy groups -OCH3 is 1. The van der Waals surface area contributed by atoms with E-state index in [0.29, 0.717) is 11.8 Å². The Balaban J connectivity index is 1.97. The van der Waals surface area contributed by atoms with Crippen molar-refractivity contribution in [3.8, 4) is 0 Å². The zero-order chi connectivity index (χ0) is 15.3. The van der Waals surface area contributed by atoms with Crippen LogP contribution in [0.5, 0.6) is 0 Å². The third-order valence-electron chi connectivity index (χ3n) is 3.33. The van der Waals surface area contributed by atoms with E-state index in [4.69, 9.17) is 0 Å². The molecule has 0 spiro atoms. The van der Waals surface area contributed by atoms with Crippen molar-refractivity contribution in [2.24, 2.45) is 0 Å². The molecule has 0 bridgehead atoms. The van der Waals surface area contributed by atoms with E-state index in [0.717, 1.165) is 24.2 Å². The number of carbonyl (C=O) groups excluding carboxylic acids is 1. The highest BCUT2D eigenvalue weighted by Gasteiger charge is 2.20. The molecule has 7 heteroatoms. The molecule has 0 aliphatic carbocycles. The number of esters is 1. The molecule has 1 aliphatic heterocycles. The first-order valence-corrected chi connectivity index (χ1v) is 9.31. The van der Waals surface area contributed by atoms with Crippen LogP contribution in [0.4, 0.5) is 0 Å². The Labute approximate surface area is 129 Å². The summed E-state index contributed by atoms with van der Waals surface area (Å²) >= 11 is 1.81. The average Bonchev–Trinajstić information content (AvgIpc) is 2.99. The van der Waals surface area contributed by atoms with Gasteiger partial charge in [0.2, 0.25) is 10.0 Å². The summed E-state index contributed by atoms with van der Waals surface area (Å²) in [5, 5.41) is 0.373. The first-order chi connectivity index (χ1) is 10.0. The van der Waals surface area contributed by atoms with Crippen molar-refractivity contribution in [1.29, 1.82) is 0 Å². The normalized spacial score (nSPS) is 18.6. The average molecular weight is 329 g/mol. The number of rotatable bonds is 6. The van der Waals surface area contributed by atoms with Crippen LogP contribution in [0.1, 0.15) is 18.4 Å². The zero-order valence-corrected chi connectivity index (χ0v) is 13.5. The molecule has 0 amide bonds. The van der Waals surface area contributed by atoms with Crippen molar-refractivity contribution < 1.29 is 17.9 Å². The number of benzene rings is 1. The molecule has 1 saturated heterocycles. The van der Waals surface area contributed by atoms with Crippen molar-refractivity contribution in [3.63, 3.8) is 0 Å². The van der Waals surface area contributed by atoms with E-state index in [-0.39, 0.29) is 17.3 Å². The maximum Gasteiger partial charge on any atom is 0.309 e. The number of hydrogen-bond donors (Lipinski definition) is 1. The summed E-state index contributed by atoms with van der Waals surface area (Å²) < 4.78 is 31.6. The Bertz CT molecular complexity index is 577. The number of carbonyl (C=O) groups is 1. The van der Waals surface area contributed by atoms with Gasteiger partial charge in [-0.05, 0) is 36.3 Å². The summed E-state index contributed by atoms with van der Waals surface area (Å²) in [5.41, 5.74) is 0.729. The van der Waals surface area contributed by atoms with E-state index in [9.17, 15) is 13.2 Å². The van der Waals surface area contributed by atoms with E-state index in [2.05, 4.69) is 9.46 Å². The fourth-order valence-electron chi connectivity index (χ4n) is 2.12. The van der Waals surface area contributed by atoms with Gasteiger partial charge in [0.1, 0.15) is 0 Å². The molecule has 116 valence electrons. The molecule has 0 radical (unpaired) electrons. The van der Waals surface area contributed by atoms with Crippen LogP contribution >= 0.6 is 11.8 Å². The molecule has 1 unspecified atom stereocenters. The fraction of sp³-hybridized carbons (Fsp3) is 0.500. The molecule has 1 aromatic rings. The minimum atomic E-state index is -3.48. The minimum absolute atomic E-state index is 0.142. The Hall–Kier alpha value is -1.05. The van der Waals surface area contributed by atoms with Gasteiger partial charge in [-0.3, -0.25) is 4.79 Å². The standard InChI is InChI=1S/C14H19NO4S2/c1-19-14(16)9-11-4-6-13(7-5-11)21(17,18)15-10-12-3-2-8-20-12/h4-7,12,15H,2-3,8-10H2,1H3. The molecule has 1 aliphatic rings. The second-order valence-electron chi connectivity index (χ2n) is 4.88. The largest absolute Gasteiger partial charge is 0.469 e. The number of hydrogen-bond acceptors (Lipinski definition) is 5. The van der Waals surface area contributed by atoms with Crippen LogP contribution in [-0.2, 0) is 26.0 Å². The molecule has 1 fully saturated rings. The molecule has 1 heterocycles. The molecule has 2 rings (SSSR count). The lowest BCUT2D eigenvalue weighted by Crippen LogP contribution is -2.29. The van der Waals surface area contributed by atoms with Gasteiger partial charge in [-0.1, -0.05) is 12.1 Å². The fourth-order valence-corrected chi connectivity index (χ4v) is 4.50. The summed E-state index contributed by atoms with van der Waals surface area (Å²) in [6.45, 7) is 0.469. The lowest BCUT2D eigenvalue weighted by molar-refractivity contribution is -0.139. The van der Waals surface area contributed by atoms with Gasteiger partial charge >= 0.3 is 5.97 Å². The van der Waals surface area contributed by atoms with Crippen LogP contribution in [0.2, 0.25) is 0 Å². The molecule has 0 saturated carbocycles. The molecule has 0 aromatic heterocycles. The van der Waals surface area contributed by atoms with Crippen molar-refractivity contribution in [2.75, 3.05) is 19.4 Å². The maximum absolute atomic E-state index is 12.2. The van der Waals surface area contributed by atoms with Gasteiger partial charge in [-0.25, -0.2) is 13.1 Å². The van der Waals surface area contributed by atoms with Gasteiger partial charge in [0, 0.05) is 11.8 Å². The summed E-state index contributed by atoms with van der Waals surface area (Å²) in [6, 6.07) is 6.30. The predicted molar refractivity (Wildman–Crippen MR) is 82.8 cm³/mol. The second kappa shape index (κ2) is 7.29. The molecule has 21 heavy (non-hydrogen) atoms. The SMILES string of the molecule is COC(=O)Cc1ccc(S(=O)(=O)NCC2CCCS2)cc1. The molecule has 1 aromatic carbocycles. The Kier molecular flexibility index (Phi) is 5.66. The number of nitrogens with one attached hydrogen (secondary N) is 1. The monoisotopic (exact) mass is 329 g/mol. The van der Waals surface area contributed by atoms with Crippen LogP contribution in [-0.4, -0.2) is 39.0 Å². The lowest BCUT2D eigenvalue weighted by Gasteiger charge is -2.11. The van der Waals surface area contributed by atoms with Gasteiger partial charge in [-0.15, -0.1) is 0 Å². The van der Waals surface area contributed by atoms with Crippen LogP contribution in [0.15, 0.2) is 29.2 Å². The predicted octanol–water partition coefficient (Wildman–Crippen LogP) is 1.58. The summed E-state index contributed by atoms with van der Waals surface area (Å²) in [6.07, 6.45) is 2.35. The van der Waals surface area contributed by atoms with Crippen LogP contribution in [0.3, 0.4) is 0 Å². The second-order valence-corrected chi connectivity index (χ2v) is 8.06. The van der Waals surface area contributed by atoms with Crippen LogP contribution < -0.4 is 4.72 Å². The molecule has 1 atom stereocenters. The van der Waals surface area contributed by atoms with Crippen molar-refractivity contribution in [2.45, 2.75) is 29.4 Å². The van der Waals surface area contributed by atoms with Crippen LogP contribution in [0.25, 0.3) is 0 Å². The zero-order valence-electron chi connectivity index (χ0n) is 11.9. The lowest BCUT2D eigenvalue weighted by atomic mass is 10.2. The molecular weight excluding hydrogens is 310 g/mol. The van der Waals surface area contributed by atoms with E-state index >= 15 is 0 Å². The highest BCUT2D eigenvalue weighted by molar-refractivity contribution is 8.00. The minimum Gasteiger partial charge on any atom is -0.469 e. The van der Waals surface area contributed by atoms with Gasteiger partial charge in [0.05, 0.1) is 18.4 Å². The Morgan fingerprint density at radius 1 is 1.38 bits per heavy atom. The van der Waals surface area contributed by atoms with Crippen molar-refractivity contribution in [1.82, 2.24) is 4.72 Å². The Morgan fingerprint density at radius 2 is 2.10 bits per heavy atom. The van der Waals surface area contributed by atoms with E-state index in [1.165, 1.54) is 19.2 Å². The summed E-state index contributed by atoms with van der Waals surface area (Å²) in [4.78, 5) is 11.4. The van der Waals surface area contributed by atoms with Gasteiger partial charge in [-0.2, -0.15) is 11.8 Å². The number of ether oxygens (including phenoxy) is 1.